The van der Waals surface area contributed by atoms with Crippen LogP contribution in [0.25, 0.3) is 0 Å². The molecule has 0 radical (unpaired) electrons. The first kappa shape index (κ1) is 23.4. The fourth-order valence-corrected chi connectivity index (χ4v) is 3.79. The van der Waals surface area contributed by atoms with Crippen molar-refractivity contribution in [3.63, 3.8) is 0 Å². The highest BCUT2D eigenvalue weighted by molar-refractivity contribution is 9.10. The van der Waals surface area contributed by atoms with E-state index in [1.807, 2.05) is 12.1 Å². The Morgan fingerprint density at radius 3 is 2.24 bits per heavy atom. The molecule has 1 amide bonds. The Balaban J connectivity index is 1.28. The standard InChI is InChI=1S/C26H20BrNO6/c27-20-8-10-21(11-9-20)28-15-19(14-24(28)30)25(31)33-16-23(29)17-6-12-22(13-7-17)34-26(32)18-4-2-1-3-5-18/h1-13,19H,14-16H2/t19-/m0/s1. The number of carbonyl (C=O) groups is 4. The number of hydrogen-bond acceptors (Lipinski definition) is 6. The van der Waals surface area contributed by atoms with Crippen LogP contribution in [0.4, 0.5) is 5.69 Å². The first-order chi connectivity index (χ1) is 16.4. The quantitative estimate of drug-likeness (QED) is 0.259. The molecule has 8 heteroatoms. The van der Waals surface area contributed by atoms with E-state index in [0.29, 0.717) is 22.6 Å². The molecule has 3 aromatic rings. The Labute approximate surface area is 204 Å². The van der Waals surface area contributed by atoms with Gasteiger partial charge in [-0.3, -0.25) is 14.4 Å². The highest BCUT2D eigenvalue weighted by Crippen LogP contribution is 2.27. The Morgan fingerprint density at radius 1 is 0.882 bits per heavy atom. The number of rotatable bonds is 7. The van der Waals surface area contributed by atoms with E-state index < -0.39 is 30.2 Å². The second-order valence-corrected chi connectivity index (χ2v) is 8.61. The van der Waals surface area contributed by atoms with E-state index >= 15 is 0 Å². The van der Waals surface area contributed by atoms with Crippen LogP contribution in [0.2, 0.25) is 0 Å². The predicted molar refractivity (Wildman–Crippen MR) is 128 cm³/mol. The topological polar surface area (TPSA) is 90.0 Å². The zero-order chi connectivity index (χ0) is 24.1. The molecule has 0 aromatic heterocycles. The maximum atomic E-state index is 12.4. The molecule has 1 aliphatic heterocycles. The van der Waals surface area contributed by atoms with E-state index in [2.05, 4.69) is 15.9 Å². The van der Waals surface area contributed by atoms with Crippen LogP contribution in [0, 0.1) is 5.92 Å². The van der Waals surface area contributed by atoms with Crippen molar-refractivity contribution in [1.82, 2.24) is 0 Å². The van der Waals surface area contributed by atoms with Crippen molar-refractivity contribution in [2.45, 2.75) is 6.42 Å². The van der Waals surface area contributed by atoms with Crippen LogP contribution in [-0.2, 0) is 14.3 Å². The first-order valence-electron chi connectivity index (χ1n) is 10.5. The van der Waals surface area contributed by atoms with Crippen molar-refractivity contribution >= 4 is 45.2 Å². The van der Waals surface area contributed by atoms with Crippen molar-refractivity contribution < 1.29 is 28.7 Å². The number of ether oxygens (including phenoxy) is 2. The van der Waals surface area contributed by atoms with Crippen LogP contribution in [0.1, 0.15) is 27.1 Å². The lowest BCUT2D eigenvalue weighted by Gasteiger charge is -2.16. The lowest BCUT2D eigenvalue weighted by molar-refractivity contribution is -0.147. The molecule has 1 aliphatic rings. The average molecular weight is 522 g/mol. The van der Waals surface area contributed by atoms with Gasteiger partial charge in [-0.25, -0.2) is 4.79 Å². The van der Waals surface area contributed by atoms with E-state index in [0.717, 1.165) is 4.47 Å². The summed E-state index contributed by atoms with van der Waals surface area (Å²) < 4.78 is 11.4. The fourth-order valence-electron chi connectivity index (χ4n) is 3.52. The summed E-state index contributed by atoms with van der Waals surface area (Å²) in [5.74, 6) is -2.00. The average Bonchev–Trinajstić information content (AvgIpc) is 3.25. The van der Waals surface area contributed by atoms with Gasteiger partial charge in [-0.15, -0.1) is 0 Å². The molecule has 0 N–H and O–H groups in total. The van der Waals surface area contributed by atoms with Crippen molar-refractivity contribution in [2.24, 2.45) is 5.92 Å². The van der Waals surface area contributed by atoms with Crippen LogP contribution in [-0.4, -0.2) is 36.8 Å². The second-order valence-electron chi connectivity index (χ2n) is 7.69. The molecule has 3 aromatic carbocycles. The SMILES string of the molecule is O=C(COC(=O)[C@H]1CC(=O)N(c2ccc(Br)cc2)C1)c1ccc(OC(=O)c2ccccc2)cc1. The molecule has 0 bridgehead atoms. The van der Waals surface area contributed by atoms with Gasteiger partial charge in [0.1, 0.15) is 5.75 Å². The van der Waals surface area contributed by atoms with Crippen molar-refractivity contribution in [1.29, 1.82) is 0 Å². The summed E-state index contributed by atoms with van der Waals surface area (Å²) >= 11 is 3.35. The van der Waals surface area contributed by atoms with Gasteiger partial charge in [0.2, 0.25) is 5.91 Å². The molecule has 4 rings (SSSR count). The van der Waals surface area contributed by atoms with Gasteiger partial charge in [-0.2, -0.15) is 0 Å². The number of esters is 2. The number of carbonyl (C=O) groups excluding carboxylic acids is 4. The summed E-state index contributed by atoms with van der Waals surface area (Å²) in [4.78, 5) is 50.9. The van der Waals surface area contributed by atoms with Gasteiger partial charge in [-0.1, -0.05) is 34.1 Å². The molecule has 0 spiro atoms. The monoisotopic (exact) mass is 521 g/mol. The van der Waals surface area contributed by atoms with Crippen LogP contribution in [0.5, 0.6) is 5.75 Å². The Hall–Kier alpha value is -3.78. The zero-order valence-corrected chi connectivity index (χ0v) is 19.6. The van der Waals surface area contributed by atoms with Crippen LogP contribution < -0.4 is 9.64 Å². The molecule has 1 saturated heterocycles. The number of hydrogen-bond donors (Lipinski definition) is 0. The summed E-state index contributed by atoms with van der Waals surface area (Å²) in [5, 5.41) is 0. The van der Waals surface area contributed by atoms with E-state index in [9.17, 15) is 19.2 Å². The number of amides is 1. The maximum Gasteiger partial charge on any atom is 0.343 e. The summed E-state index contributed by atoms with van der Waals surface area (Å²) in [6.45, 7) is -0.236. The minimum absolute atomic E-state index is 0.0323. The third kappa shape index (κ3) is 5.58. The van der Waals surface area contributed by atoms with Gasteiger partial charge < -0.3 is 14.4 Å². The van der Waals surface area contributed by atoms with Gasteiger partial charge in [-0.05, 0) is 60.7 Å². The molecule has 1 heterocycles. The number of nitrogens with zero attached hydrogens (tertiary/aromatic N) is 1. The third-order valence-corrected chi connectivity index (χ3v) is 5.87. The number of anilines is 1. The Morgan fingerprint density at radius 2 is 1.56 bits per heavy atom. The van der Waals surface area contributed by atoms with Gasteiger partial charge in [0, 0.05) is 28.7 Å². The van der Waals surface area contributed by atoms with E-state index in [1.165, 1.54) is 29.2 Å². The number of halogens is 1. The van der Waals surface area contributed by atoms with Crippen LogP contribution in [0.15, 0.2) is 83.3 Å². The highest BCUT2D eigenvalue weighted by Gasteiger charge is 2.36. The van der Waals surface area contributed by atoms with Gasteiger partial charge >= 0.3 is 11.9 Å². The normalized spacial score (nSPS) is 15.1. The number of benzene rings is 3. The summed E-state index contributed by atoms with van der Waals surface area (Å²) in [5.41, 5.74) is 1.43. The molecular formula is C26H20BrNO6. The second kappa shape index (κ2) is 10.4. The molecule has 1 atom stereocenters. The molecule has 172 valence electrons. The maximum absolute atomic E-state index is 12.4. The largest absolute Gasteiger partial charge is 0.457 e. The molecular weight excluding hydrogens is 502 g/mol. The first-order valence-corrected chi connectivity index (χ1v) is 11.3. The van der Waals surface area contributed by atoms with Crippen molar-refractivity contribution in [2.75, 3.05) is 18.1 Å². The van der Waals surface area contributed by atoms with Gasteiger partial charge in [0.05, 0.1) is 11.5 Å². The zero-order valence-electron chi connectivity index (χ0n) is 18.0. The molecule has 0 unspecified atom stereocenters. The predicted octanol–water partition coefficient (Wildman–Crippen LogP) is 4.45. The van der Waals surface area contributed by atoms with Gasteiger partial charge in [0.25, 0.3) is 0 Å². The Kier molecular flexibility index (Phi) is 7.18. The minimum Gasteiger partial charge on any atom is -0.457 e. The number of Topliss-reactive ketones (excluding diaryl/α,β-unsaturated/α-hetero) is 1. The lowest BCUT2D eigenvalue weighted by Crippen LogP contribution is -2.27. The molecule has 7 nitrogen and oxygen atoms in total. The minimum atomic E-state index is -0.635. The lowest BCUT2D eigenvalue weighted by atomic mass is 10.1. The molecule has 0 saturated carbocycles. The fraction of sp³-hybridized carbons (Fsp3) is 0.154. The van der Waals surface area contributed by atoms with Crippen LogP contribution >= 0.6 is 15.9 Å². The summed E-state index contributed by atoms with van der Waals surface area (Å²) in [6, 6.07) is 21.8. The summed E-state index contributed by atoms with van der Waals surface area (Å²) in [7, 11) is 0. The molecule has 34 heavy (non-hydrogen) atoms. The van der Waals surface area contributed by atoms with Crippen molar-refractivity contribution in [3.8, 4) is 5.75 Å². The third-order valence-electron chi connectivity index (χ3n) is 5.34. The molecule has 0 aliphatic carbocycles. The van der Waals surface area contributed by atoms with Crippen LogP contribution in [0.3, 0.4) is 0 Å². The van der Waals surface area contributed by atoms with E-state index in [1.54, 1.807) is 42.5 Å². The Bertz CT molecular complexity index is 1210. The number of ketones is 1. The van der Waals surface area contributed by atoms with Crippen molar-refractivity contribution in [3.05, 3.63) is 94.5 Å². The molecule has 1 fully saturated rings. The van der Waals surface area contributed by atoms with Gasteiger partial charge in [0.15, 0.2) is 12.4 Å². The van der Waals surface area contributed by atoms with E-state index in [4.69, 9.17) is 9.47 Å². The highest BCUT2D eigenvalue weighted by atomic mass is 79.9. The summed E-state index contributed by atoms with van der Waals surface area (Å²) in [6.07, 6.45) is 0.0323. The van der Waals surface area contributed by atoms with E-state index in [-0.39, 0.29) is 18.9 Å². The smallest absolute Gasteiger partial charge is 0.343 e.